The Kier molecular flexibility index (Phi) is 6.59. The second kappa shape index (κ2) is 9.34. The highest BCUT2D eigenvalue weighted by atomic mass is 16.5. The molecule has 1 amide bonds. The molecule has 8 heteroatoms. The zero-order valence-corrected chi connectivity index (χ0v) is 17.7. The van der Waals surface area contributed by atoms with Crippen molar-refractivity contribution >= 4 is 22.8 Å². The van der Waals surface area contributed by atoms with Crippen LogP contribution < -0.4 is 20.4 Å². The van der Waals surface area contributed by atoms with Crippen LogP contribution in [0.25, 0.3) is 11.0 Å². The Morgan fingerprint density at radius 2 is 1.74 bits per heavy atom. The quantitative estimate of drug-likeness (QED) is 0.458. The molecule has 2 aromatic carbocycles. The van der Waals surface area contributed by atoms with Gasteiger partial charge in [-0.25, -0.2) is 4.79 Å². The molecule has 0 aliphatic heterocycles. The molecule has 0 aliphatic rings. The van der Waals surface area contributed by atoms with E-state index in [1.807, 2.05) is 26.0 Å². The third kappa shape index (κ3) is 4.85. The van der Waals surface area contributed by atoms with E-state index in [0.717, 1.165) is 11.1 Å². The highest BCUT2D eigenvalue weighted by Gasteiger charge is 2.14. The molecule has 0 aliphatic carbocycles. The number of fused-ring (bicyclic) bond motifs is 1. The van der Waals surface area contributed by atoms with Gasteiger partial charge in [0, 0.05) is 22.6 Å². The van der Waals surface area contributed by atoms with E-state index in [1.54, 1.807) is 12.1 Å². The highest BCUT2D eigenvalue weighted by molar-refractivity contribution is 5.96. The van der Waals surface area contributed by atoms with Gasteiger partial charge in [-0.3, -0.25) is 9.59 Å². The van der Waals surface area contributed by atoms with Crippen molar-refractivity contribution in [1.82, 2.24) is 5.32 Å². The summed E-state index contributed by atoms with van der Waals surface area (Å²) in [5.74, 6) is -0.213. The molecule has 1 aromatic heterocycles. The van der Waals surface area contributed by atoms with E-state index < -0.39 is 17.5 Å². The minimum absolute atomic E-state index is 0.115. The molecule has 0 unspecified atom stereocenters. The molecular weight excluding hydrogens is 402 g/mol. The third-order valence-corrected chi connectivity index (χ3v) is 4.95. The number of hydrogen-bond donors (Lipinski definition) is 1. The van der Waals surface area contributed by atoms with Crippen LogP contribution in [0.4, 0.5) is 0 Å². The van der Waals surface area contributed by atoms with Crippen molar-refractivity contribution in [3.05, 3.63) is 69.1 Å². The Balaban J connectivity index is 1.64. The van der Waals surface area contributed by atoms with Crippen molar-refractivity contribution in [2.24, 2.45) is 0 Å². The van der Waals surface area contributed by atoms with Crippen molar-refractivity contribution in [3.8, 4) is 11.5 Å². The van der Waals surface area contributed by atoms with Crippen LogP contribution in [-0.2, 0) is 16.1 Å². The molecule has 8 nitrogen and oxygen atoms in total. The predicted octanol–water partition coefficient (Wildman–Crippen LogP) is 2.90. The van der Waals surface area contributed by atoms with Crippen LogP contribution in [0.3, 0.4) is 0 Å². The van der Waals surface area contributed by atoms with Gasteiger partial charge in [0.1, 0.15) is 18.7 Å². The number of nitrogens with one attached hydrogen (secondary N) is 1. The lowest BCUT2D eigenvalue weighted by molar-refractivity contribution is -0.143. The molecule has 0 saturated carbocycles. The second-order valence-corrected chi connectivity index (χ2v) is 6.89. The zero-order chi connectivity index (χ0) is 22.5. The Morgan fingerprint density at radius 1 is 1.00 bits per heavy atom. The van der Waals surface area contributed by atoms with E-state index in [4.69, 9.17) is 18.6 Å². The summed E-state index contributed by atoms with van der Waals surface area (Å²) in [6.07, 6.45) is 0. The summed E-state index contributed by atoms with van der Waals surface area (Å²) in [6.45, 7) is 3.34. The Labute approximate surface area is 178 Å². The van der Waals surface area contributed by atoms with Gasteiger partial charge in [-0.2, -0.15) is 0 Å². The van der Waals surface area contributed by atoms with Crippen LogP contribution in [0, 0.1) is 13.8 Å². The van der Waals surface area contributed by atoms with Gasteiger partial charge in [-0.15, -0.1) is 0 Å². The summed E-state index contributed by atoms with van der Waals surface area (Å²) >= 11 is 0. The van der Waals surface area contributed by atoms with Gasteiger partial charge < -0.3 is 23.9 Å². The average Bonchev–Trinajstić information content (AvgIpc) is 2.77. The molecule has 162 valence electrons. The number of ether oxygens (including phenoxy) is 3. The molecule has 3 rings (SSSR count). The summed E-state index contributed by atoms with van der Waals surface area (Å²) < 4.78 is 20.9. The summed E-state index contributed by atoms with van der Waals surface area (Å²) in [5.41, 5.74) is 2.64. The standard InChI is InChI=1S/C23H23NO7/c1-13-5-7-17-16(10-20(25)31-22(17)14(13)2)12-30-21(26)11-24-23(27)15-6-8-18(28-3)19(9-15)29-4/h5-10H,11-12H2,1-4H3,(H,24,27). The van der Waals surface area contributed by atoms with Crippen LogP contribution in [0.5, 0.6) is 11.5 Å². The molecule has 31 heavy (non-hydrogen) atoms. The van der Waals surface area contributed by atoms with E-state index in [0.29, 0.717) is 33.6 Å². The van der Waals surface area contributed by atoms with Crippen molar-refractivity contribution < 1.29 is 28.2 Å². The Hall–Kier alpha value is -3.81. The van der Waals surface area contributed by atoms with Gasteiger partial charge >= 0.3 is 11.6 Å². The lowest BCUT2D eigenvalue weighted by atomic mass is 10.0. The van der Waals surface area contributed by atoms with Crippen molar-refractivity contribution in [2.45, 2.75) is 20.5 Å². The number of rotatable bonds is 7. The Morgan fingerprint density at radius 3 is 2.45 bits per heavy atom. The maximum Gasteiger partial charge on any atom is 0.336 e. The molecule has 0 radical (unpaired) electrons. The molecule has 1 heterocycles. The lowest BCUT2D eigenvalue weighted by Gasteiger charge is -2.11. The maximum absolute atomic E-state index is 12.3. The molecule has 0 saturated heterocycles. The number of aryl methyl sites for hydroxylation is 2. The first-order valence-corrected chi connectivity index (χ1v) is 9.52. The first-order valence-electron chi connectivity index (χ1n) is 9.52. The van der Waals surface area contributed by atoms with Crippen molar-refractivity contribution in [1.29, 1.82) is 0 Å². The lowest BCUT2D eigenvalue weighted by Crippen LogP contribution is -2.30. The number of hydrogen-bond acceptors (Lipinski definition) is 7. The molecule has 0 bridgehead atoms. The monoisotopic (exact) mass is 425 g/mol. The van der Waals surface area contributed by atoms with E-state index in [2.05, 4.69) is 5.32 Å². The largest absolute Gasteiger partial charge is 0.493 e. The summed E-state index contributed by atoms with van der Waals surface area (Å²) in [7, 11) is 2.96. The van der Waals surface area contributed by atoms with Gasteiger partial charge in [-0.05, 0) is 43.2 Å². The van der Waals surface area contributed by atoms with Crippen LogP contribution in [0.2, 0.25) is 0 Å². The third-order valence-electron chi connectivity index (χ3n) is 4.95. The van der Waals surface area contributed by atoms with Gasteiger partial charge in [0.2, 0.25) is 0 Å². The van der Waals surface area contributed by atoms with Crippen molar-refractivity contribution in [2.75, 3.05) is 20.8 Å². The minimum atomic E-state index is -0.640. The number of carbonyl (C=O) groups is 2. The molecule has 0 fully saturated rings. The van der Waals surface area contributed by atoms with Crippen LogP contribution >= 0.6 is 0 Å². The molecule has 1 N–H and O–H groups in total. The van der Waals surface area contributed by atoms with Crippen LogP contribution in [-0.4, -0.2) is 32.6 Å². The number of carbonyl (C=O) groups excluding carboxylic acids is 2. The molecule has 3 aromatic rings. The van der Waals surface area contributed by atoms with Crippen molar-refractivity contribution in [3.63, 3.8) is 0 Å². The van der Waals surface area contributed by atoms with E-state index >= 15 is 0 Å². The zero-order valence-electron chi connectivity index (χ0n) is 17.7. The summed E-state index contributed by atoms with van der Waals surface area (Å²) in [5, 5.41) is 3.20. The van der Waals surface area contributed by atoms with Crippen LogP contribution in [0.1, 0.15) is 27.0 Å². The van der Waals surface area contributed by atoms with E-state index in [-0.39, 0.29) is 13.2 Å². The molecule has 0 spiro atoms. The number of amides is 1. The van der Waals surface area contributed by atoms with Gasteiger partial charge in [0.15, 0.2) is 11.5 Å². The normalized spacial score (nSPS) is 10.6. The highest BCUT2D eigenvalue weighted by Crippen LogP contribution is 2.27. The van der Waals surface area contributed by atoms with E-state index in [9.17, 15) is 14.4 Å². The second-order valence-electron chi connectivity index (χ2n) is 6.89. The number of methoxy groups -OCH3 is 2. The first-order chi connectivity index (χ1) is 14.8. The topological polar surface area (TPSA) is 104 Å². The summed E-state index contributed by atoms with van der Waals surface area (Å²) in [6, 6.07) is 9.70. The first kappa shape index (κ1) is 21.9. The fourth-order valence-electron chi connectivity index (χ4n) is 3.09. The average molecular weight is 425 g/mol. The number of benzene rings is 2. The van der Waals surface area contributed by atoms with Gasteiger partial charge in [0.05, 0.1) is 14.2 Å². The molecular formula is C23H23NO7. The van der Waals surface area contributed by atoms with E-state index in [1.165, 1.54) is 26.4 Å². The van der Waals surface area contributed by atoms with Gasteiger partial charge in [0.25, 0.3) is 5.91 Å². The SMILES string of the molecule is COc1ccc(C(=O)NCC(=O)OCc2cc(=O)oc3c(C)c(C)ccc23)cc1OC. The fraction of sp³-hybridized carbons (Fsp3) is 0.261. The Bertz CT molecular complexity index is 1200. The predicted molar refractivity (Wildman–Crippen MR) is 114 cm³/mol. The number of esters is 1. The molecule has 0 atom stereocenters. The smallest absolute Gasteiger partial charge is 0.336 e. The fourth-order valence-corrected chi connectivity index (χ4v) is 3.09. The summed E-state index contributed by atoms with van der Waals surface area (Å²) in [4.78, 5) is 36.3. The van der Waals surface area contributed by atoms with Crippen LogP contribution in [0.15, 0.2) is 45.6 Å². The van der Waals surface area contributed by atoms with Gasteiger partial charge in [-0.1, -0.05) is 12.1 Å². The minimum Gasteiger partial charge on any atom is -0.493 e. The maximum atomic E-state index is 12.3.